The van der Waals surface area contributed by atoms with Crippen LogP contribution in [0.25, 0.3) is 0 Å². The summed E-state index contributed by atoms with van der Waals surface area (Å²) < 4.78 is 4.96. The average molecular weight is 247 g/mol. The Morgan fingerprint density at radius 1 is 1.18 bits per heavy atom. The van der Waals surface area contributed by atoms with Crippen molar-refractivity contribution in [2.75, 3.05) is 33.4 Å². The van der Waals surface area contributed by atoms with Gasteiger partial charge in [0.2, 0.25) is 0 Å². The minimum atomic E-state index is -0.751. The van der Waals surface area contributed by atoms with Crippen LogP contribution >= 0.6 is 0 Å². The normalized spacial score (nSPS) is 15.9. The summed E-state index contributed by atoms with van der Waals surface area (Å²) in [5.74, 6) is 0. The van der Waals surface area contributed by atoms with Crippen molar-refractivity contribution >= 4 is 0 Å². The second-order valence-electron chi connectivity index (χ2n) is 5.21. The van der Waals surface area contributed by atoms with Gasteiger partial charge in [0, 0.05) is 45.2 Å². The van der Waals surface area contributed by atoms with Gasteiger partial charge in [0.05, 0.1) is 5.60 Å². The molecule has 0 radical (unpaired) electrons. The zero-order valence-electron chi connectivity index (χ0n) is 11.8. The predicted molar refractivity (Wildman–Crippen MR) is 70.1 cm³/mol. The third-order valence-corrected chi connectivity index (χ3v) is 3.69. The highest BCUT2D eigenvalue weighted by molar-refractivity contribution is 4.81. The van der Waals surface area contributed by atoms with E-state index in [1.807, 2.05) is 0 Å². The highest BCUT2D eigenvalue weighted by Gasteiger charge is 2.26. The molecule has 0 aliphatic heterocycles. The molecule has 0 spiro atoms. The second kappa shape index (κ2) is 8.03. The van der Waals surface area contributed by atoms with Gasteiger partial charge in [-0.3, -0.25) is 0 Å². The summed E-state index contributed by atoms with van der Waals surface area (Å²) in [6.45, 7) is 7.98. The lowest BCUT2D eigenvalue weighted by Gasteiger charge is -2.32. The maximum Gasteiger partial charge on any atom is 0.0765 e. The quantitative estimate of drug-likeness (QED) is 0.542. The first kappa shape index (κ1) is 16.8. The molecule has 104 valence electrons. The van der Waals surface area contributed by atoms with Gasteiger partial charge in [0.25, 0.3) is 0 Å². The van der Waals surface area contributed by atoms with E-state index >= 15 is 0 Å². The van der Waals surface area contributed by atoms with Gasteiger partial charge in [-0.05, 0) is 19.8 Å². The second-order valence-corrected chi connectivity index (χ2v) is 5.21. The van der Waals surface area contributed by atoms with Gasteiger partial charge < -0.3 is 20.3 Å². The molecule has 0 aliphatic rings. The molecule has 0 heterocycles. The molecule has 0 saturated heterocycles. The minimum absolute atomic E-state index is 0.0582. The standard InChI is InChI=1S/C13H29NO3/c1-5-13(6-2,11-15)10-14-9-12(3,16)7-8-17-4/h14-16H,5-11H2,1-4H3. The number of aliphatic hydroxyl groups excluding tert-OH is 1. The lowest BCUT2D eigenvalue weighted by atomic mass is 9.83. The first-order valence-electron chi connectivity index (χ1n) is 6.48. The highest BCUT2D eigenvalue weighted by Crippen LogP contribution is 2.24. The predicted octanol–water partition coefficient (Wildman–Crippen LogP) is 1.16. The zero-order chi connectivity index (χ0) is 13.4. The maximum absolute atomic E-state index is 10.1. The molecule has 4 heteroatoms. The van der Waals surface area contributed by atoms with Crippen LogP contribution in [0.3, 0.4) is 0 Å². The SMILES string of the molecule is CCC(CC)(CO)CNCC(C)(O)CCOC. The molecule has 1 atom stereocenters. The van der Waals surface area contributed by atoms with Crippen molar-refractivity contribution in [3.8, 4) is 0 Å². The molecular formula is C13H29NO3. The Kier molecular flexibility index (Phi) is 7.96. The van der Waals surface area contributed by atoms with Crippen LogP contribution in [-0.4, -0.2) is 49.2 Å². The van der Waals surface area contributed by atoms with Crippen molar-refractivity contribution in [2.45, 2.75) is 45.6 Å². The monoisotopic (exact) mass is 247 g/mol. The molecule has 1 unspecified atom stereocenters. The van der Waals surface area contributed by atoms with E-state index in [1.165, 1.54) is 0 Å². The van der Waals surface area contributed by atoms with E-state index < -0.39 is 5.60 Å². The molecule has 4 nitrogen and oxygen atoms in total. The number of methoxy groups -OCH3 is 1. The van der Waals surface area contributed by atoms with Crippen LogP contribution in [0, 0.1) is 5.41 Å². The molecular weight excluding hydrogens is 218 g/mol. The van der Waals surface area contributed by atoms with E-state index in [0.717, 1.165) is 19.4 Å². The fraction of sp³-hybridized carbons (Fsp3) is 1.00. The molecule has 17 heavy (non-hydrogen) atoms. The van der Waals surface area contributed by atoms with Gasteiger partial charge in [-0.25, -0.2) is 0 Å². The zero-order valence-corrected chi connectivity index (χ0v) is 11.8. The van der Waals surface area contributed by atoms with Gasteiger partial charge in [0.1, 0.15) is 0 Å². The first-order chi connectivity index (χ1) is 7.95. The van der Waals surface area contributed by atoms with Crippen molar-refractivity contribution < 1.29 is 14.9 Å². The van der Waals surface area contributed by atoms with Crippen LogP contribution in [0.1, 0.15) is 40.0 Å². The molecule has 0 amide bonds. The third kappa shape index (κ3) is 6.36. The summed E-state index contributed by atoms with van der Waals surface area (Å²) in [5, 5.41) is 22.7. The van der Waals surface area contributed by atoms with Crippen molar-refractivity contribution in [1.82, 2.24) is 5.32 Å². The molecule has 0 aromatic carbocycles. The largest absolute Gasteiger partial charge is 0.396 e. The molecule has 0 aromatic heterocycles. The van der Waals surface area contributed by atoms with Gasteiger partial charge in [0.15, 0.2) is 0 Å². The molecule has 0 aromatic rings. The number of hydrogen-bond donors (Lipinski definition) is 3. The Labute approximate surface area is 105 Å². The molecule has 0 aliphatic carbocycles. The molecule has 0 fully saturated rings. The van der Waals surface area contributed by atoms with Crippen molar-refractivity contribution in [3.63, 3.8) is 0 Å². The Balaban J connectivity index is 4.02. The summed E-state index contributed by atoms with van der Waals surface area (Å²) >= 11 is 0. The number of rotatable bonds is 10. The number of ether oxygens (including phenoxy) is 1. The number of hydrogen-bond acceptors (Lipinski definition) is 4. The summed E-state index contributed by atoms with van der Waals surface area (Å²) in [4.78, 5) is 0. The first-order valence-corrected chi connectivity index (χ1v) is 6.48. The van der Waals surface area contributed by atoms with Crippen molar-refractivity contribution in [2.24, 2.45) is 5.41 Å². The summed E-state index contributed by atoms with van der Waals surface area (Å²) in [7, 11) is 1.63. The fourth-order valence-electron chi connectivity index (χ4n) is 1.79. The molecule has 0 bridgehead atoms. The topological polar surface area (TPSA) is 61.7 Å². The van der Waals surface area contributed by atoms with E-state index in [1.54, 1.807) is 14.0 Å². The van der Waals surface area contributed by atoms with Crippen LogP contribution in [0.2, 0.25) is 0 Å². The Hall–Kier alpha value is -0.160. The van der Waals surface area contributed by atoms with Gasteiger partial charge in [-0.1, -0.05) is 13.8 Å². The van der Waals surface area contributed by atoms with Gasteiger partial charge in [-0.2, -0.15) is 0 Å². The Morgan fingerprint density at radius 3 is 2.18 bits per heavy atom. The van der Waals surface area contributed by atoms with Crippen molar-refractivity contribution in [3.05, 3.63) is 0 Å². The van der Waals surface area contributed by atoms with E-state index in [-0.39, 0.29) is 12.0 Å². The minimum Gasteiger partial charge on any atom is -0.396 e. The highest BCUT2D eigenvalue weighted by atomic mass is 16.5. The average Bonchev–Trinajstić information content (AvgIpc) is 2.33. The third-order valence-electron chi connectivity index (χ3n) is 3.69. The maximum atomic E-state index is 10.1. The fourth-order valence-corrected chi connectivity index (χ4v) is 1.79. The Morgan fingerprint density at radius 2 is 1.76 bits per heavy atom. The summed E-state index contributed by atoms with van der Waals surface area (Å²) in [5.41, 5.74) is -0.809. The molecule has 0 saturated carbocycles. The lowest BCUT2D eigenvalue weighted by Crippen LogP contribution is -2.44. The van der Waals surface area contributed by atoms with E-state index in [2.05, 4.69) is 19.2 Å². The summed E-state index contributed by atoms with van der Waals surface area (Å²) in [6.07, 6.45) is 2.49. The lowest BCUT2D eigenvalue weighted by molar-refractivity contribution is 0.0197. The summed E-state index contributed by atoms with van der Waals surface area (Å²) in [6, 6.07) is 0. The van der Waals surface area contributed by atoms with Crippen molar-refractivity contribution in [1.29, 1.82) is 0 Å². The number of aliphatic hydroxyl groups is 2. The van der Waals surface area contributed by atoms with E-state index in [4.69, 9.17) is 4.74 Å². The van der Waals surface area contributed by atoms with E-state index in [9.17, 15) is 10.2 Å². The van der Waals surface area contributed by atoms with Gasteiger partial charge in [-0.15, -0.1) is 0 Å². The van der Waals surface area contributed by atoms with Crippen LogP contribution in [-0.2, 0) is 4.74 Å². The van der Waals surface area contributed by atoms with Crippen LogP contribution in [0.15, 0.2) is 0 Å². The Bertz CT molecular complexity index is 183. The molecule has 0 rings (SSSR count). The van der Waals surface area contributed by atoms with Crippen LogP contribution < -0.4 is 5.32 Å². The smallest absolute Gasteiger partial charge is 0.0765 e. The van der Waals surface area contributed by atoms with Gasteiger partial charge >= 0.3 is 0 Å². The number of nitrogens with one attached hydrogen (secondary N) is 1. The van der Waals surface area contributed by atoms with Crippen LogP contribution in [0.5, 0.6) is 0 Å². The van der Waals surface area contributed by atoms with E-state index in [0.29, 0.717) is 19.6 Å². The molecule has 3 N–H and O–H groups in total. The van der Waals surface area contributed by atoms with Crippen LogP contribution in [0.4, 0.5) is 0 Å².